The van der Waals surface area contributed by atoms with Crippen molar-refractivity contribution >= 4 is 17.4 Å². The molecule has 1 aromatic carbocycles. The minimum atomic E-state index is -0.246. The average molecular weight is 207 g/mol. The minimum absolute atomic E-state index is 0.229. The van der Waals surface area contributed by atoms with Gasteiger partial charge in [-0.1, -0.05) is 6.07 Å². The summed E-state index contributed by atoms with van der Waals surface area (Å²) in [5.41, 5.74) is 6.66. The predicted molar refractivity (Wildman–Crippen MR) is 62.8 cm³/mol. The molecule has 1 rings (SSSR count). The maximum absolute atomic E-state index is 11.5. The first-order valence-electron chi connectivity index (χ1n) is 4.81. The highest BCUT2D eigenvalue weighted by Crippen LogP contribution is 2.11. The molecule has 4 heteroatoms. The molecule has 0 spiro atoms. The minimum Gasteiger partial charge on any atom is -0.399 e. The first-order valence-corrected chi connectivity index (χ1v) is 4.81. The van der Waals surface area contributed by atoms with Crippen molar-refractivity contribution in [1.29, 1.82) is 0 Å². The highest BCUT2D eigenvalue weighted by Gasteiger charge is 2.13. The molecule has 0 saturated carbocycles. The predicted octanol–water partition coefficient (Wildman–Crippen LogP) is 2.19. The van der Waals surface area contributed by atoms with Crippen LogP contribution in [0.2, 0.25) is 0 Å². The molecule has 0 heterocycles. The van der Waals surface area contributed by atoms with Gasteiger partial charge in [0, 0.05) is 16.9 Å². The number of urea groups is 1. The Balaban J connectivity index is 2.59. The van der Waals surface area contributed by atoms with Gasteiger partial charge in [0.2, 0.25) is 0 Å². The van der Waals surface area contributed by atoms with E-state index in [9.17, 15) is 4.79 Å². The van der Waals surface area contributed by atoms with Crippen LogP contribution in [0, 0.1) is 0 Å². The molecule has 0 aliphatic carbocycles. The van der Waals surface area contributed by atoms with Gasteiger partial charge in [-0.05, 0) is 39.0 Å². The number of rotatable bonds is 1. The zero-order valence-electron chi connectivity index (χ0n) is 9.29. The Labute approximate surface area is 89.9 Å². The number of anilines is 2. The molecule has 0 aliphatic rings. The van der Waals surface area contributed by atoms with Crippen LogP contribution in [0.15, 0.2) is 24.3 Å². The van der Waals surface area contributed by atoms with Crippen LogP contribution in [0.3, 0.4) is 0 Å². The maximum atomic E-state index is 11.5. The SMILES string of the molecule is CC(C)(C)NC(=O)Nc1cccc(N)c1. The maximum Gasteiger partial charge on any atom is 0.319 e. The van der Waals surface area contributed by atoms with E-state index in [0.717, 1.165) is 0 Å². The molecule has 0 aliphatic heterocycles. The number of nitrogen functional groups attached to an aromatic ring is 1. The number of carbonyl (C=O) groups excluding carboxylic acids is 1. The van der Waals surface area contributed by atoms with E-state index in [4.69, 9.17) is 5.73 Å². The van der Waals surface area contributed by atoms with Crippen LogP contribution >= 0.6 is 0 Å². The Bertz CT molecular complexity index is 355. The van der Waals surface area contributed by atoms with Crippen molar-refractivity contribution in [3.05, 3.63) is 24.3 Å². The van der Waals surface area contributed by atoms with Crippen LogP contribution in [0.1, 0.15) is 20.8 Å². The van der Waals surface area contributed by atoms with Gasteiger partial charge in [0.1, 0.15) is 0 Å². The second-order valence-corrected chi connectivity index (χ2v) is 4.45. The molecule has 15 heavy (non-hydrogen) atoms. The monoisotopic (exact) mass is 207 g/mol. The average Bonchev–Trinajstić information content (AvgIpc) is 1.99. The Morgan fingerprint density at radius 3 is 2.53 bits per heavy atom. The third kappa shape index (κ3) is 4.35. The Hall–Kier alpha value is -1.71. The molecule has 0 unspecified atom stereocenters. The topological polar surface area (TPSA) is 67.2 Å². The van der Waals surface area contributed by atoms with Crippen molar-refractivity contribution in [3.63, 3.8) is 0 Å². The normalized spacial score (nSPS) is 10.9. The molecule has 0 radical (unpaired) electrons. The highest BCUT2D eigenvalue weighted by molar-refractivity contribution is 5.90. The van der Waals surface area contributed by atoms with Crippen molar-refractivity contribution in [2.24, 2.45) is 0 Å². The lowest BCUT2D eigenvalue weighted by Crippen LogP contribution is -2.43. The van der Waals surface area contributed by atoms with Gasteiger partial charge in [0.25, 0.3) is 0 Å². The second-order valence-electron chi connectivity index (χ2n) is 4.45. The fourth-order valence-electron chi connectivity index (χ4n) is 1.12. The summed E-state index contributed by atoms with van der Waals surface area (Å²) < 4.78 is 0. The van der Waals surface area contributed by atoms with Crippen molar-refractivity contribution < 1.29 is 4.79 Å². The van der Waals surface area contributed by atoms with Crippen molar-refractivity contribution in [1.82, 2.24) is 5.32 Å². The summed E-state index contributed by atoms with van der Waals surface area (Å²) in [5, 5.41) is 5.51. The quantitative estimate of drug-likeness (QED) is 0.618. The fourth-order valence-corrected chi connectivity index (χ4v) is 1.12. The molecular formula is C11H17N3O. The van der Waals surface area contributed by atoms with Crippen LogP contribution < -0.4 is 16.4 Å². The van der Waals surface area contributed by atoms with Gasteiger partial charge in [0.15, 0.2) is 0 Å². The van der Waals surface area contributed by atoms with E-state index in [1.54, 1.807) is 24.3 Å². The summed E-state index contributed by atoms with van der Waals surface area (Å²) in [6, 6.07) is 6.84. The Morgan fingerprint density at radius 1 is 1.33 bits per heavy atom. The van der Waals surface area contributed by atoms with Crippen LogP contribution in [0.25, 0.3) is 0 Å². The first kappa shape index (κ1) is 11.4. The third-order valence-corrected chi connectivity index (χ3v) is 1.63. The van der Waals surface area contributed by atoms with Gasteiger partial charge in [-0.3, -0.25) is 0 Å². The van der Waals surface area contributed by atoms with E-state index < -0.39 is 0 Å². The molecule has 0 atom stereocenters. The van der Waals surface area contributed by atoms with Gasteiger partial charge in [-0.25, -0.2) is 4.79 Å². The van der Waals surface area contributed by atoms with Gasteiger partial charge < -0.3 is 16.4 Å². The number of carbonyl (C=O) groups is 1. The number of hydrogen-bond donors (Lipinski definition) is 3. The molecule has 4 N–H and O–H groups in total. The van der Waals surface area contributed by atoms with E-state index in [1.165, 1.54) is 0 Å². The first-order chi connectivity index (χ1) is 6.87. The van der Waals surface area contributed by atoms with E-state index in [-0.39, 0.29) is 11.6 Å². The van der Waals surface area contributed by atoms with Gasteiger partial charge in [0.05, 0.1) is 0 Å². The van der Waals surface area contributed by atoms with Crippen LogP contribution in [-0.4, -0.2) is 11.6 Å². The molecule has 0 saturated heterocycles. The van der Waals surface area contributed by atoms with E-state index in [2.05, 4.69) is 10.6 Å². The molecule has 0 aromatic heterocycles. The zero-order valence-corrected chi connectivity index (χ0v) is 9.29. The lowest BCUT2D eigenvalue weighted by atomic mass is 10.1. The smallest absolute Gasteiger partial charge is 0.319 e. The number of benzene rings is 1. The van der Waals surface area contributed by atoms with Crippen LogP contribution in [0.5, 0.6) is 0 Å². The summed E-state index contributed by atoms with van der Waals surface area (Å²) in [7, 11) is 0. The number of hydrogen-bond acceptors (Lipinski definition) is 2. The molecule has 0 bridgehead atoms. The molecular weight excluding hydrogens is 190 g/mol. The van der Waals surface area contributed by atoms with E-state index in [1.807, 2.05) is 20.8 Å². The highest BCUT2D eigenvalue weighted by atomic mass is 16.2. The number of amides is 2. The van der Waals surface area contributed by atoms with Crippen molar-refractivity contribution in [2.45, 2.75) is 26.3 Å². The van der Waals surface area contributed by atoms with Gasteiger partial charge in [-0.15, -0.1) is 0 Å². The van der Waals surface area contributed by atoms with Crippen molar-refractivity contribution in [3.8, 4) is 0 Å². The molecule has 2 amide bonds. The third-order valence-electron chi connectivity index (χ3n) is 1.63. The lowest BCUT2D eigenvalue weighted by molar-refractivity contribution is 0.244. The summed E-state index contributed by atoms with van der Waals surface area (Å²) in [4.78, 5) is 11.5. The van der Waals surface area contributed by atoms with Gasteiger partial charge >= 0.3 is 6.03 Å². The van der Waals surface area contributed by atoms with E-state index >= 15 is 0 Å². The molecule has 82 valence electrons. The summed E-state index contributed by atoms with van der Waals surface area (Å²) in [6.45, 7) is 5.77. The van der Waals surface area contributed by atoms with E-state index in [0.29, 0.717) is 11.4 Å². The largest absolute Gasteiger partial charge is 0.399 e. The molecule has 4 nitrogen and oxygen atoms in total. The van der Waals surface area contributed by atoms with Crippen LogP contribution in [-0.2, 0) is 0 Å². The van der Waals surface area contributed by atoms with Crippen molar-refractivity contribution in [2.75, 3.05) is 11.1 Å². The number of nitrogens with two attached hydrogens (primary N) is 1. The molecule has 0 fully saturated rings. The van der Waals surface area contributed by atoms with Gasteiger partial charge in [-0.2, -0.15) is 0 Å². The van der Waals surface area contributed by atoms with Crippen LogP contribution in [0.4, 0.5) is 16.2 Å². The Kier molecular flexibility index (Phi) is 3.19. The summed E-state index contributed by atoms with van der Waals surface area (Å²) in [6.07, 6.45) is 0. The lowest BCUT2D eigenvalue weighted by Gasteiger charge is -2.20. The summed E-state index contributed by atoms with van der Waals surface area (Å²) >= 11 is 0. The zero-order chi connectivity index (χ0) is 11.5. The fraction of sp³-hybridized carbons (Fsp3) is 0.364. The molecule has 1 aromatic rings. The summed E-state index contributed by atoms with van der Waals surface area (Å²) in [5.74, 6) is 0. The standard InChI is InChI=1S/C11H17N3O/c1-11(2,3)14-10(15)13-9-6-4-5-8(12)7-9/h4-7H,12H2,1-3H3,(H2,13,14,15). The number of nitrogens with one attached hydrogen (secondary N) is 2. The second kappa shape index (κ2) is 4.21. The Morgan fingerprint density at radius 2 is 2.00 bits per heavy atom.